The van der Waals surface area contributed by atoms with E-state index in [1.165, 1.54) is 0 Å². The molecule has 12 heteroatoms. The quantitative estimate of drug-likeness (QED) is 0.247. The van der Waals surface area contributed by atoms with E-state index in [9.17, 15) is 13.6 Å². The van der Waals surface area contributed by atoms with E-state index < -0.39 is 11.6 Å². The Balaban J connectivity index is 1.67. The monoisotopic (exact) mass is 549 g/mol. The number of nitrogens with zero attached hydrogens (tertiary/aromatic N) is 4. The number of carbonyl (C=O) groups excluding carboxylic acids is 1. The number of carbonyl (C=O) groups is 1. The molecule has 1 aliphatic rings. The summed E-state index contributed by atoms with van der Waals surface area (Å²) in [5.74, 6) is -1.52. The highest BCUT2D eigenvalue weighted by Gasteiger charge is 2.29. The van der Waals surface area contributed by atoms with Crippen LogP contribution in [-0.4, -0.2) is 44.7 Å². The number of fused-ring (bicyclic) bond motifs is 1. The topological polar surface area (TPSA) is 120 Å². The van der Waals surface area contributed by atoms with Crippen molar-refractivity contribution in [2.45, 2.75) is 70.9 Å². The second kappa shape index (κ2) is 12.7. The zero-order chi connectivity index (χ0) is 27.2. The third-order valence-electron chi connectivity index (χ3n) is 6.93. The number of aromatic nitrogens is 4. The Bertz CT molecular complexity index is 1240. The van der Waals surface area contributed by atoms with E-state index in [1.54, 1.807) is 6.20 Å². The van der Waals surface area contributed by atoms with Gasteiger partial charge in [0.2, 0.25) is 17.8 Å². The summed E-state index contributed by atoms with van der Waals surface area (Å²) in [6.07, 6.45) is 6.71. The van der Waals surface area contributed by atoms with Crippen LogP contribution >= 0.6 is 11.6 Å². The number of nitrogens with one attached hydrogen (secondary N) is 2. The van der Waals surface area contributed by atoms with Crippen LogP contribution in [0.2, 0.25) is 5.02 Å². The van der Waals surface area contributed by atoms with Gasteiger partial charge in [-0.15, -0.1) is 0 Å². The first-order chi connectivity index (χ1) is 18.3. The highest BCUT2D eigenvalue weighted by Crippen LogP contribution is 2.37. The van der Waals surface area contributed by atoms with Crippen molar-refractivity contribution in [2.75, 3.05) is 23.8 Å². The molecule has 0 saturated heterocycles. The van der Waals surface area contributed by atoms with Crippen molar-refractivity contribution in [2.24, 2.45) is 11.7 Å². The Morgan fingerprint density at radius 3 is 2.53 bits per heavy atom. The van der Waals surface area contributed by atoms with Gasteiger partial charge in [0.1, 0.15) is 11.2 Å². The fourth-order valence-electron chi connectivity index (χ4n) is 4.82. The highest BCUT2D eigenvalue weighted by atomic mass is 35.5. The number of hydrogen-bond donors (Lipinski definition) is 3. The van der Waals surface area contributed by atoms with E-state index in [4.69, 9.17) is 27.1 Å². The molecule has 3 aromatic rings. The Morgan fingerprint density at radius 2 is 1.89 bits per heavy atom. The summed E-state index contributed by atoms with van der Waals surface area (Å²) in [7, 11) is 0. The van der Waals surface area contributed by atoms with Crippen LogP contribution in [0.5, 0.6) is 0 Å². The van der Waals surface area contributed by atoms with Crippen LogP contribution in [0.15, 0.2) is 18.3 Å². The maximum atomic E-state index is 14.6. The third-order valence-corrected chi connectivity index (χ3v) is 7.14. The molecular weight excluding hydrogens is 516 g/mol. The summed E-state index contributed by atoms with van der Waals surface area (Å²) < 4.78 is 36.8. The van der Waals surface area contributed by atoms with Crippen LogP contribution in [0.4, 0.5) is 26.4 Å². The molecule has 9 nitrogen and oxygen atoms in total. The lowest BCUT2D eigenvalue weighted by Gasteiger charge is -2.29. The molecule has 1 aromatic carbocycles. The molecule has 2 heterocycles. The fraction of sp³-hybridized carbons (Fsp3) is 0.538. The number of halogens is 3. The van der Waals surface area contributed by atoms with Crippen LogP contribution < -0.4 is 16.4 Å². The van der Waals surface area contributed by atoms with Crippen molar-refractivity contribution >= 4 is 46.3 Å². The van der Waals surface area contributed by atoms with Crippen molar-refractivity contribution in [3.8, 4) is 0 Å². The van der Waals surface area contributed by atoms with Gasteiger partial charge >= 0.3 is 0 Å². The molecule has 4 rings (SSSR count). The SMILES string of the molecule is CCCOCC[C@H](CC)Nc1ncc2nc(Nc3c(F)cc(Cl)cc3F)n(C3CCC(C(N)=O)CC3)c2n1. The van der Waals surface area contributed by atoms with Gasteiger partial charge in [0.25, 0.3) is 0 Å². The molecule has 0 unspecified atom stereocenters. The van der Waals surface area contributed by atoms with E-state index in [1.807, 2.05) is 4.57 Å². The summed E-state index contributed by atoms with van der Waals surface area (Å²) in [5, 5.41) is 6.14. The first-order valence-corrected chi connectivity index (χ1v) is 13.5. The molecule has 1 amide bonds. The van der Waals surface area contributed by atoms with E-state index in [0.29, 0.717) is 49.4 Å². The minimum Gasteiger partial charge on any atom is -0.381 e. The van der Waals surface area contributed by atoms with Crippen molar-refractivity contribution < 1.29 is 18.3 Å². The molecule has 1 aliphatic carbocycles. The normalized spacial score (nSPS) is 18.4. The van der Waals surface area contributed by atoms with Gasteiger partial charge in [0.15, 0.2) is 17.3 Å². The lowest BCUT2D eigenvalue weighted by atomic mass is 9.85. The molecule has 206 valence electrons. The lowest BCUT2D eigenvalue weighted by Crippen LogP contribution is -2.29. The first kappa shape index (κ1) is 28.0. The molecule has 0 aliphatic heterocycles. The van der Waals surface area contributed by atoms with Crippen LogP contribution in [0.3, 0.4) is 0 Å². The number of imidazole rings is 1. The van der Waals surface area contributed by atoms with Gasteiger partial charge in [-0.3, -0.25) is 9.36 Å². The number of amides is 1. The summed E-state index contributed by atoms with van der Waals surface area (Å²) >= 11 is 5.80. The van der Waals surface area contributed by atoms with Gasteiger partial charge < -0.3 is 21.1 Å². The van der Waals surface area contributed by atoms with E-state index in [0.717, 1.165) is 38.0 Å². The number of nitrogens with two attached hydrogens (primary N) is 1. The molecule has 38 heavy (non-hydrogen) atoms. The predicted octanol–water partition coefficient (Wildman–Crippen LogP) is 5.73. The van der Waals surface area contributed by atoms with Gasteiger partial charge in [0, 0.05) is 36.2 Å². The third kappa shape index (κ3) is 6.50. The number of benzene rings is 1. The summed E-state index contributed by atoms with van der Waals surface area (Å²) in [4.78, 5) is 25.5. The van der Waals surface area contributed by atoms with E-state index in [2.05, 4.69) is 34.4 Å². The Hall–Kier alpha value is -3.05. The van der Waals surface area contributed by atoms with Gasteiger partial charge in [-0.05, 0) is 57.1 Å². The summed E-state index contributed by atoms with van der Waals surface area (Å²) in [6, 6.07) is 2.08. The van der Waals surface area contributed by atoms with Gasteiger partial charge in [-0.1, -0.05) is 25.4 Å². The van der Waals surface area contributed by atoms with Crippen LogP contribution in [-0.2, 0) is 9.53 Å². The molecule has 1 atom stereocenters. The largest absolute Gasteiger partial charge is 0.381 e. The average Bonchev–Trinajstić information content (AvgIpc) is 3.25. The summed E-state index contributed by atoms with van der Waals surface area (Å²) in [5.41, 5.74) is 6.17. The molecule has 0 radical (unpaired) electrons. The summed E-state index contributed by atoms with van der Waals surface area (Å²) in [6.45, 7) is 5.51. The van der Waals surface area contributed by atoms with E-state index >= 15 is 0 Å². The maximum absolute atomic E-state index is 14.6. The predicted molar refractivity (Wildman–Crippen MR) is 144 cm³/mol. The highest BCUT2D eigenvalue weighted by molar-refractivity contribution is 6.30. The van der Waals surface area contributed by atoms with Crippen LogP contribution in [0.25, 0.3) is 11.2 Å². The second-order valence-electron chi connectivity index (χ2n) is 9.64. The zero-order valence-corrected chi connectivity index (χ0v) is 22.4. The maximum Gasteiger partial charge on any atom is 0.224 e. The number of ether oxygens (including phenoxy) is 1. The molecule has 4 N–H and O–H groups in total. The van der Waals surface area contributed by atoms with Crippen LogP contribution in [0, 0.1) is 17.6 Å². The second-order valence-corrected chi connectivity index (χ2v) is 10.1. The van der Waals surface area contributed by atoms with Gasteiger partial charge in [0.05, 0.1) is 6.20 Å². The van der Waals surface area contributed by atoms with Gasteiger partial charge in [-0.25, -0.2) is 18.7 Å². The standard InChI is InChI=1S/C26H34ClF2N7O2/c1-3-10-38-11-9-17(4-2)32-25-31-14-21-24(35-25)36(18-7-5-15(6-8-18)23(30)37)26(33-21)34-22-19(28)12-16(27)13-20(22)29/h12-15,17-18H,3-11H2,1-2H3,(H2,30,37)(H,33,34)(H,31,32,35)/t15?,17-,18?/m0/s1. The molecule has 0 spiro atoms. The molecule has 0 bridgehead atoms. The molecule has 2 aromatic heterocycles. The first-order valence-electron chi connectivity index (χ1n) is 13.1. The van der Waals surface area contributed by atoms with E-state index in [-0.39, 0.29) is 40.6 Å². The Morgan fingerprint density at radius 1 is 1.18 bits per heavy atom. The van der Waals surface area contributed by atoms with Gasteiger partial charge in [-0.2, -0.15) is 4.98 Å². The van der Waals surface area contributed by atoms with Crippen molar-refractivity contribution in [3.63, 3.8) is 0 Å². The van der Waals surface area contributed by atoms with Crippen molar-refractivity contribution in [1.82, 2.24) is 19.5 Å². The Labute approximate surface area is 225 Å². The number of anilines is 3. The molecule has 1 fully saturated rings. The fourth-order valence-corrected chi connectivity index (χ4v) is 5.01. The average molecular weight is 550 g/mol. The molecule has 1 saturated carbocycles. The zero-order valence-electron chi connectivity index (χ0n) is 21.6. The van der Waals surface area contributed by atoms with Crippen LogP contribution in [0.1, 0.15) is 64.8 Å². The Kier molecular flexibility index (Phi) is 9.32. The minimum atomic E-state index is -0.837. The minimum absolute atomic E-state index is 0.0454. The number of hydrogen-bond acceptors (Lipinski definition) is 7. The smallest absolute Gasteiger partial charge is 0.224 e. The number of primary amides is 1. The number of rotatable bonds is 12. The lowest BCUT2D eigenvalue weighted by molar-refractivity contribution is -0.122. The molecular formula is C26H34ClF2N7O2. The van der Waals surface area contributed by atoms with Crippen molar-refractivity contribution in [3.05, 3.63) is 35.0 Å². The van der Waals surface area contributed by atoms with Crippen molar-refractivity contribution in [1.29, 1.82) is 0 Å².